The molecule has 1 aromatic carbocycles. The van der Waals surface area contributed by atoms with Gasteiger partial charge in [-0.15, -0.1) is 0 Å². The van der Waals surface area contributed by atoms with Gasteiger partial charge in [0.05, 0.1) is 0 Å². The zero-order chi connectivity index (χ0) is 12.3. The molecule has 2 rings (SSSR count). The van der Waals surface area contributed by atoms with Gasteiger partial charge in [0.25, 0.3) is 0 Å². The van der Waals surface area contributed by atoms with Crippen molar-refractivity contribution >= 4 is 5.57 Å². The molecule has 17 heavy (non-hydrogen) atoms. The van der Waals surface area contributed by atoms with Gasteiger partial charge in [0.15, 0.2) is 0 Å². The molecule has 1 aromatic rings. The normalized spacial score (nSPS) is 15.9. The van der Waals surface area contributed by atoms with Crippen molar-refractivity contribution in [3.63, 3.8) is 0 Å². The maximum Gasteiger partial charge on any atom is 0.00793 e. The molecule has 0 unspecified atom stereocenters. The number of nitrogens with one attached hydrogen (secondary N) is 1. The number of benzene rings is 1. The average molecular weight is 229 g/mol. The summed E-state index contributed by atoms with van der Waals surface area (Å²) in [4.78, 5) is 0. The van der Waals surface area contributed by atoms with Gasteiger partial charge >= 0.3 is 0 Å². The Labute approximate surface area is 105 Å². The maximum atomic E-state index is 3.60. The van der Waals surface area contributed by atoms with E-state index in [2.05, 4.69) is 56.4 Å². The fourth-order valence-electron chi connectivity index (χ4n) is 2.39. The predicted octanol–water partition coefficient (Wildman–Crippen LogP) is 3.65. The lowest BCUT2D eigenvalue weighted by atomic mass is 10.0. The highest BCUT2D eigenvalue weighted by Gasteiger charge is 2.15. The number of rotatable bonds is 5. The Bertz CT molecular complexity index is 404. The summed E-state index contributed by atoms with van der Waals surface area (Å²) >= 11 is 0. The molecule has 0 saturated carbocycles. The van der Waals surface area contributed by atoms with Gasteiger partial charge < -0.3 is 5.32 Å². The molecule has 1 heteroatoms. The van der Waals surface area contributed by atoms with Crippen LogP contribution in [0.1, 0.15) is 38.3 Å². The smallest absolute Gasteiger partial charge is 0.00793 e. The summed E-state index contributed by atoms with van der Waals surface area (Å²) in [5.74, 6) is 0.724. The summed E-state index contributed by atoms with van der Waals surface area (Å²) in [5, 5.41) is 3.60. The van der Waals surface area contributed by atoms with Crippen molar-refractivity contribution < 1.29 is 0 Å². The number of hydrogen-bond acceptors (Lipinski definition) is 1. The van der Waals surface area contributed by atoms with Crippen LogP contribution in [0.15, 0.2) is 30.3 Å². The molecule has 0 fully saturated rings. The van der Waals surface area contributed by atoms with E-state index in [4.69, 9.17) is 0 Å². The summed E-state index contributed by atoms with van der Waals surface area (Å²) < 4.78 is 0. The maximum absolute atomic E-state index is 3.60. The second-order valence-corrected chi connectivity index (χ2v) is 5.50. The van der Waals surface area contributed by atoms with E-state index in [0.29, 0.717) is 6.04 Å². The SMILES string of the molecule is CC(C)CN[C@H](C)CC1=CCc2ccccc21. The Morgan fingerprint density at radius 3 is 2.71 bits per heavy atom. The van der Waals surface area contributed by atoms with E-state index in [1.54, 1.807) is 0 Å². The van der Waals surface area contributed by atoms with Crippen LogP contribution in [0.2, 0.25) is 0 Å². The monoisotopic (exact) mass is 229 g/mol. The number of allylic oxidation sites excluding steroid dienone is 1. The minimum Gasteiger partial charge on any atom is -0.314 e. The van der Waals surface area contributed by atoms with Crippen molar-refractivity contribution in [1.29, 1.82) is 0 Å². The first kappa shape index (κ1) is 12.4. The van der Waals surface area contributed by atoms with Crippen molar-refractivity contribution in [3.8, 4) is 0 Å². The third kappa shape index (κ3) is 3.19. The van der Waals surface area contributed by atoms with E-state index < -0.39 is 0 Å². The molecular weight excluding hydrogens is 206 g/mol. The van der Waals surface area contributed by atoms with Gasteiger partial charge in [-0.3, -0.25) is 0 Å². The van der Waals surface area contributed by atoms with E-state index >= 15 is 0 Å². The number of fused-ring (bicyclic) bond motifs is 1. The van der Waals surface area contributed by atoms with Gasteiger partial charge in [0.1, 0.15) is 0 Å². The number of hydrogen-bond donors (Lipinski definition) is 1. The standard InChI is InChI=1S/C16H23N/c1-12(2)11-17-13(3)10-15-9-8-14-6-4-5-7-16(14)15/h4-7,9,12-13,17H,8,10-11H2,1-3H3/t13-/m1/s1. The topological polar surface area (TPSA) is 12.0 Å². The van der Waals surface area contributed by atoms with Crippen molar-refractivity contribution in [1.82, 2.24) is 5.32 Å². The van der Waals surface area contributed by atoms with E-state index in [-0.39, 0.29) is 0 Å². The van der Waals surface area contributed by atoms with Crippen molar-refractivity contribution in [3.05, 3.63) is 41.5 Å². The molecule has 0 aliphatic heterocycles. The molecule has 0 amide bonds. The summed E-state index contributed by atoms with van der Waals surface area (Å²) in [7, 11) is 0. The van der Waals surface area contributed by atoms with Crippen LogP contribution in [-0.2, 0) is 6.42 Å². The molecule has 1 aliphatic carbocycles. The first-order valence-corrected chi connectivity index (χ1v) is 6.67. The average Bonchev–Trinajstić information content (AvgIpc) is 2.70. The molecule has 0 spiro atoms. The third-order valence-corrected chi connectivity index (χ3v) is 3.33. The lowest BCUT2D eigenvalue weighted by Gasteiger charge is -2.16. The van der Waals surface area contributed by atoms with Crippen LogP contribution in [0.4, 0.5) is 0 Å². The highest BCUT2D eigenvalue weighted by molar-refractivity contribution is 5.73. The summed E-state index contributed by atoms with van der Waals surface area (Å²) in [6.07, 6.45) is 4.64. The second kappa shape index (κ2) is 5.50. The lowest BCUT2D eigenvalue weighted by Crippen LogP contribution is -2.29. The van der Waals surface area contributed by atoms with Crippen molar-refractivity contribution in [2.24, 2.45) is 5.92 Å². The molecule has 0 saturated heterocycles. The Morgan fingerprint density at radius 2 is 1.94 bits per heavy atom. The molecule has 1 N–H and O–H groups in total. The van der Waals surface area contributed by atoms with Crippen LogP contribution in [0.5, 0.6) is 0 Å². The van der Waals surface area contributed by atoms with Crippen molar-refractivity contribution in [2.45, 2.75) is 39.7 Å². The van der Waals surface area contributed by atoms with Crippen LogP contribution >= 0.6 is 0 Å². The minimum atomic E-state index is 0.565. The molecule has 0 heterocycles. The van der Waals surface area contributed by atoms with Gasteiger partial charge in [0.2, 0.25) is 0 Å². The van der Waals surface area contributed by atoms with Gasteiger partial charge in [-0.2, -0.15) is 0 Å². The molecule has 0 bridgehead atoms. The Kier molecular flexibility index (Phi) is 4.01. The first-order valence-electron chi connectivity index (χ1n) is 6.67. The molecule has 1 nitrogen and oxygen atoms in total. The Hall–Kier alpha value is -1.08. The molecule has 1 aliphatic rings. The first-order chi connectivity index (χ1) is 8.16. The predicted molar refractivity (Wildman–Crippen MR) is 75.0 cm³/mol. The van der Waals surface area contributed by atoms with Crippen LogP contribution in [0, 0.1) is 5.92 Å². The van der Waals surface area contributed by atoms with E-state index in [1.165, 1.54) is 16.7 Å². The van der Waals surface area contributed by atoms with Gasteiger partial charge in [-0.25, -0.2) is 0 Å². The van der Waals surface area contributed by atoms with E-state index in [0.717, 1.165) is 25.3 Å². The zero-order valence-electron chi connectivity index (χ0n) is 11.2. The molecule has 0 radical (unpaired) electrons. The fraction of sp³-hybridized carbons (Fsp3) is 0.500. The van der Waals surface area contributed by atoms with E-state index in [9.17, 15) is 0 Å². The molecular formula is C16H23N. The van der Waals surface area contributed by atoms with Crippen LogP contribution in [0.3, 0.4) is 0 Å². The Morgan fingerprint density at radius 1 is 1.18 bits per heavy atom. The van der Waals surface area contributed by atoms with Crippen LogP contribution in [0.25, 0.3) is 5.57 Å². The van der Waals surface area contributed by atoms with Gasteiger partial charge in [-0.05, 0) is 48.9 Å². The molecule has 0 aromatic heterocycles. The Balaban J connectivity index is 1.93. The largest absolute Gasteiger partial charge is 0.314 e. The van der Waals surface area contributed by atoms with Gasteiger partial charge in [-0.1, -0.05) is 44.2 Å². The summed E-state index contributed by atoms with van der Waals surface area (Å²) in [6, 6.07) is 9.34. The zero-order valence-corrected chi connectivity index (χ0v) is 11.2. The highest BCUT2D eigenvalue weighted by atomic mass is 14.9. The molecule has 92 valence electrons. The fourth-order valence-corrected chi connectivity index (χ4v) is 2.39. The highest BCUT2D eigenvalue weighted by Crippen LogP contribution is 2.30. The lowest BCUT2D eigenvalue weighted by molar-refractivity contribution is 0.489. The second-order valence-electron chi connectivity index (χ2n) is 5.50. The van der Waals surface area contributed by atoms with Gasteiger partial charge in [0, 0.05) is 6.04 Å². The van der Waals surface area contributed by atoms with Crippen molar-refractivity contribution in [2.75, 3.05) is 6.54 Å². The van der Waals surface area contributed by atoms with Crippen LogP contribution < -0.4 is 5.32 Å². The summed E-state index contributed by atoms with van der Waals surface area (Å²) in [6.45, 7) is 7.90. The minimum absolute atomic E-state index is 0.565. The quantitative estimate of drug-likeness (QED) is 0.812. The van der Waals surface area contributed by atoms with Crippen LogP contribution in [-0.4, -0.2) is 12.6 Å². The van der Waals surface area contributed by atoms with E-state index in [1.807, 2.05) is 0 Å². The summed E-state index contributed by atoms with van der Waals surface area (Å²) in [5.41, 5.74) is 4.47. The molecule has 1 atom stereocenters. The third-order valence-electron chi connectivity index (χ3n) is 3.33.